The summed E-state index contributed by atoms with van der Waals surface area (Å²) in [5.41, 5.74) is 6.13. The van der Waals surface area contributed by atoms with Crippen LogP contribution < -0.4 is 0 Å². The fourth-order valence-corrected chi connectivity index (χ4v) is 3.94. The zero-order valence-corrected chi connectivity index (χ0v) is 19.6. The van der Waals surface area contributed by atoms with Gasteiger partial charge in [0.05, 0.1) is 5.69 Å². The molecule has 1 N–H and O–H groups in total. The van der Waals surface area contributed by atoms with Crippen molar-refractivity contribution < 1.29 is 5.11 Å². The quantitative estimate of drug-likeness (QED) is 0.368. The summed E-state index contributed by atoms with van der Waals surface area (Å²) in [5, 5.41) is 20.9. The van der Waals surface area contributed by atoms with Crippen LogP contribution in [0.2, 0.25) is 5.02 Å². The van der Waals surface area contributed by atoms with Gasteiger partial charge in [-0.3, -0.25) is 0 Å². The Balaban J connectivity index is 2.14. The molecule has 0 fully saturated rings. The van der Waals surface area contributed by atoms with Gasteiger partial charge < -0.3 is 5.11 Å². The number of benzene rings is 3. The summed E-state index contributed by atoms with van der Waals surface area (Å²) >= 11 is 6.18. The van der Waals surface area contributed by atoms with Crippen molar-refractivity contribution in [2.75, 3.05) is 0 Å². The molecule has 0 unspecified atom stereocenters. The van der Waals surface area contributed by atoms with Crippen LogP contribution in [0, 0.1) is 0 Å². The molecule has 31 heavy (non-hydrogen) atoms. The van der Waals surface area contributed by atoms with E-state index in [1.807, 2.05) is 36.4 Å². The highest BCUT2D eigenvalue weighted by molar-refractivity contribution is 6.31. The van der Waals surface area contributed by atoms with Gasteiger partial charge in [-0.2, -0.15) is 0 Å². The minimum atomic E-state index is -0.163. The lowest BCUT2D eigenvalue weighted by atomic mass is 9.76. The average molecular weight is 434 g/mol. The average Bonchev–Trinajstić information content (AvgIpc) is 3.09. The molecule has 0 aliphatic carbocycles. The Kier molecular flexibility index (Phi) is 5.09. The highest BCUT2D eigenvalue weighted by Crippen LogP contribution is 2.43. The summed E-state index contributed by atoms with van der Waals surface area (Å²) in [7, 11) is 0. The van der Waals surface area contributed by atoms with Gasteiger partial charge in [-0.25, -0.2) is 0 Å². The number of hydrogen-bond donors (Lipinski definition) is 1. The molecule has 0 saturated carbocycles. The maximum absolute atomic E-state index is 10.8. The third-order valence-corrected chi connectivity index (χ3v) is 5.76. The van der Waals surface area contributed by atoms with Crippen molar-refractivity contribution in [3.63, 3.8) is 0 Å². The van der Waals surface area contributed by atoms with Crippen LogP contribution in [0.3, 0.4) is 0 Å². The lowest BCUT2D eigenvalue weighted by Crippen LogP contribution is -2.20. The first-order chi connectivity index (χ1) is 14.4. The minimum absolute atomic E-state index is 0.0676. The summed E-state index contributed by atoms with van der Waals surface area (Å²) in [6.07, 6.45) is 0. The molecule has 4 nitrogen and oxygen atoms in total. The molecule has 4 rings (SSSR count). The molecular formula is C26H28ClN3O. The number of aromatic nitrogens is 3. The zero-order chi connectivity index (χ0) is 22.6. The number of para-hydroxylation sites is 1. The molecule has 0 aliphatic heterocycles. The monoisotopic (exact) mass is 433 g/mol. The van der Waals surface area contributed by atoms with Crippen LogP contribution in [0.5, 0.6) is 5.75 Å². The van der Waals surface area contributed by atoms with Crippen LogP contribution in [0.15, 0.2) is 54.6 Å². The third-order valence-electron chi connectivity index (χ3n) is 5.52. The molecule has 0 saturated heterocycles. The largest absolute Gasteiger partial charge is 0.507 e. The van der Waals surface area contributed by atoms with E-state index in [2.05, 4.69) is 53.7 Å². The maximum Gasteiger partial charge on any atom is 0.123 e. The van der Waals surface area contributed by atoms with Crippen LogP contribution in [0.4, 0.5) is 0 Å². The first-order valence-corrected chi connectivity index (χ1v) is 10.8. The summed E-state index contributed by atoms with van der Waals surface area (Å²) in [6, 6.07) is 17.3. The van der Waals surface area contributed by atoms with Crippen molar-refractivity contribution >= 4 is 22.6 Å². The second kappa shape index (κ2) is 7.38. The van der Waals surface area contributed by atoms with E-state index < -0.39 is 0 Å². The number of hydrogen-bond acceptors (Lipinski definition) is 3. The molecule has 160 valence electrons. The van der Waals surface area contributed by atoms with Crippen LogP contribution in [0.1, 0.15) is 52.7 Å². The van der Waals surface area contributed by atoms with Crippen molar-refractivity contribution in [3.05, 3.63) is 70.7 Å². The molecular weight excluding hydrogens is 406 g/mol. The van der Waals surface area contributed by atoms with E-state index in [9.17, 15) is 5.11 Å². The highest BCUT2D eigenvalue weighted by Gasteiger charge is 2.28. The Morgan fingerprint density at radius 1 is 0.806 bits per heavy atom. The predicted octanol–water partition coefficient (Wildman–Crippen LogP) is 7.04. The summed E-state index contributed by atoms with van der Waals surface area (Å²) in [4.78, 5) is 1.67. The molecule has 0 atom stereocenters. The first kappa shape index (κ1) is 21.4. The van der Waals surface area contributed by atoms with Crippen molar-refractivity contribution in [2.45, 2.75) is 52.4 Å². The van der Waals surface area contributed by atoms with E-state index in [0.29, 0.717) is 5.02 Å². The van der Waals surface area contributed by atoms with E-state index >= 15 is 0 Å². The fourth-order valence-electron chi connectivity index (χ4n) is 3.77. The lowest BCUT2D eigenvalue weighted by Gasteiger charge is -2.29. The molecule has 0 radical (unpaired) electrons. The standard InChI is InChI=1S/C26H28ClN3O/c1-25(2,3)16-13-19(26(4,5)6)24(18-9-7-8-10-23(18)31)22(14-16)30-28-20-12-11-17(27)15-21(20)29-30/h7-15,31H,1-6H3. The third kappa shape index (κ3) is 4.05. The van der Waals surface area contributed by atoms with Gasteiger partial charge >= 0.3 is 0 Å². The zero-order valence-electron chi connectivity index (χ0n) is 18.9. The van der Waals surface area contributed by atoms with Crippen LogP contribution in [-0.2, 0) is 10.8 Å². The maximum atomic E-state index is 10.8. The SMILES string of the molecule is CC(C)(C)c1cc(-n2nc3ccc(Cl)cc3n2)c(-c2ccccc2O)c(C(C)(C)C)c1. The van der Waals surface area contributed by atoms with Gasteiger partial charge in [-0.05, 0) is 52.3 Å². The van der Waals surface area contributed by atoms with Gasteiger partial charge in [-0.1, -0.05) is 77.4 Å². The molecule has 5 heteroatoms. The molecule has 1 aromatic heterocycles. The van der Waals surface area contributed by atoms with Gasteiger partial charge in [0, 0.05) is 16.1 Å². The Hall–Kier alpha value is -2.85. The summed E-state index contributed by atoms with van der Waals surface area (Å²) < 4.78 is 0. The Morgan fingerprint density at radius 3 is 2.13 bits per heavy atom. The Labute approximate surface area is 188 Å². The molecule has 3 aromatic carbocycles. The molecule has 0 aliphatic rings. The van der Waals surface area contributed by atoms with E-state index in [4.69, 9.17) is 21.8 Å². The number of nitrogens with zero attached hydrogens (tertiary/aromatic N) is 3. The highest BCUT2D eigenvalue weighted by atomic mass is 35.5. The van der Waals surface area contributed by atoms with E-state index in [1.54, 1.807) is 10.9 Å². The molecule has 0 spiro atoms. The molecule has 1 heterocycles. The topological polar surface area (TPSA) is 50.9 Å². The number of phenolic OH excluding ortho intramolecular Hbond substituents is 1. The van der Waals surface area contributed by atoms with Gasteiger partial charge in [0.1, 0.15) is 16.8 Å². The minimum Gasteiger partial charge on any atom is -0.507 e. The summed E-state index contributed by atoms with van der Waals surface area (Å²) in [6.45, 7) is 13.2. The number of rotatable bonds is 2. The van der Waals surface area contributed by atoms with Crippen LogP contribution in [-0.4, -0.2) is 20.1 Å². The molecule has 4 aromatic rings. The molecule has 0 amide bonds. The Bertz CT molecular complexity index is 1280. The number of halogens is 1. The van der Waals surface area contributed by atoms with Crippen molar-refractivity contribution in [2.24, 2.45) is 0 Å². The van der Waals surface area contributed by atoms with Gasteiger partial charge in [0.2, 0.25) is 0 Å². The van der Waals surface area contributed by atoms with Crippen molar-refractivity contribution in [1.82, 2.24) is 15.0 Å². The van der Waals surface area contributed by atoms with Gasteiger partial charge in [0.15, 0.2) is 0 Å². The Morgan fingerprint density at radius 2 is 1.48 bits per heavy atom. The fraction of sp³-hybridized carbons (Fsp3) is 0.308. The van der Waals surface area contributed by atoms with E-state index in [-0.39, 0.29) is 16.6 Å². The van der Waals surface area contributed by atoms with E-state index in [1.165, 1.54) is 5.56 Å². The first-order valence-electron chi connectivity index (χ1n) is 10.5. The second-order valence-corrected chi connectivity index (χ2v) is 10.5. The van der Waals surface area contributed by atoms with E-state index in [0.717, 1.165) is 33.4 Å². The number of fused-ring (bicyclic) bond motifs is 1. The second-order valence-electron chi connectivity index (χ2n) is 10.1. The van der Waals surface area contributed by atoms with Crippen LogP contribution >= 0.6 is 11.6 Å². The van der Waals surface area contributed by atoms with Gasteiger partial charge in [0.25, 0.3) is 0 Å². The number of aromatic hydroxyl groups is 1. The van der Waals surface area contributed by atoms with Crippen molar-refractivity contribution in [1.29, 1.82) is 0 Å². The predicted molar refractivity (Wildman–Crippen MR) is 128 cm³/mol. The van der Waals surface area contributed by atoms with Gasteiger partial charge in [-0.15, -0.1) is 15.0 Å². The molecule has 0 bridgehead atoms. The summed E-state index contributed by atoms with van der Waals surface area (Å²) in [5.74, 6) is 0.234. The van der Waals surface area contributed by atoms with Crippen molar-refractivity contribution in [3.8, 4) is 22.6 Å². The normalized spacial score (nSPS) is 12.5. The smallest absolute Gasteiger partial charge is 0.123 e. The van der Waals surface area contributed by atoms with Crippen LogP contribution in [0.25, 0.3) is 27.8 Å². The number of phenols is 1. The lowest BCUT2D eigenvalue weighted by molar-refractivity contribution is 0.477.